The molecule has 0 aromatic carbocycles. The normalized spacial score (nSPS) is 10.7. The Morgan fingerprint density at radius 1 is 1.24 bits per heavy atom. The summed E-state index contributed by atoms with van der Waals surface area (Å²) in [6.07, 6.45) is 5.99. The lowest BCUT2D eigenvalue weighted by Crippen LogP contribution is -2.23. The lowest BCUT2D eigenvalue weighted by atomic mass is 10.3. The molecule has 0 aliphatic carbocycles. The third kappa shape index (κ3) is 4.36. The van der Waals surface area contributed by atoms with Gasteiger partial charge < -0.3 is 5.73 Å². The number of aromatic nitrogens is 2. The van der Waals surface area contributed by atoms with E-state index in [9.17, 15) is 8.42 Å². The predicted octanol–water partition coefficient (Wildman–Crippen LogP) is 0.265. The Balaban J connectivity index is 2.16. The van der Waals surface area contributed by atoms with Crippen LogP contribution >= 0.6 is 0 Å². The van der Waals surface area contributed by atoms with Gasteiger partial charge in [-0.25, -0.2) is 13.1 Å². The van der Waals surface area contributed by atoms with Crippen molar-refractivity contribution in [3.8, 4) is 11.8 Å². The molecule has 0 aliphatic heterocycles. The molecule has 0 fully saturated rings. The van der Waals surface area contributed by atoms with Gasteiger partial charge in [-0.1, -0.05) is 17.9 Å². The van der Waals surface area contributed by atoms with E-state index in [0.717, 1.165) is 5.56 Å². The Morgan fingerprint density at radius 2 is 2.10 bits per heavy atom. The molecule has 2 rings (SSSR count). The predicted molar refractivity (Wildman–Crippen MR) is 78.4 cm³/mol. The molecule has 2 aromatic rings. The zero-order valence-corrected chi connectivity index (χ0v) is 12.0. The van der Waals surface area contributed by atoms with E-state index in [1.165, 1.54) is 18.5 Å². The van der Waals surface area contributed by atoms with Gasteiger partial charge in [0.05, 0.1) is 6.54 Å². The van der Waals surface area contributed by atoms with E-state index >= 15 is 0 Å². The molecule has 3 N–H and O–H groups in total. The van der Waals surface area contributed by atoms with Crippen LogP contribution in [0.4, 0.5) is 0 Å². The van der Waals surface area contributed by atoms with Crippen molar-refractivity contribution in [2.75, 3.05) is 6.54 Å². The second-order valence-corrected chi connectivity index (χ2v) is 5.87. The lowest BCUT2D eigenvalue weighted by Gasteiger charge is -2.06. The quantitative estimate of drug-likeness (QED) is 0.790. The lowest BCUT2D eigenvalue weighted by molar-refractivity contribution is 0.580. The minimum atomic E-state index is -3.65. The van der Waals surface area contributed by atoms with Crippen LogP contribution < -0.4 is 10.5 Å². The largest absolute Gasteiger partial charge is 0.320 e. The molecular formula is C14H14N4O2S. The summed E-state index contributed by atoms with van der Waals surface area (Å²) in [4.78, 5) is 7.88. The van der Waals surface area contributed by atoms with E-state index < -0.39 is 10.0 Å². The topological polar surface area (TPSA) is 98.0 Å². The summed E-state index contributed by atoms with van der Waals surface area (Å²) in [7, 11) is -3.65. The van der Waals surface area contributed by atoms with Crippen LogP contribution in [-0.2, 0) is 16.6 Å². The molecule has 7 heteroatoms. The van der Waals surface area contributed by atoms with Gasteiger partial charge in [0.25, 0.3) is 0 Å². The Labute approximate surface area is 123 Å². The fourth-order valence-electron chi connectivity index (χ4n) is 1.55. The summed E-state index contributed by atoms with van der Waals surface area (Å²) >= 11 is 0. The number of rotatable bonds is 4. The van der Waals surface area contributed by atoms with Gasteiger partial charge in [-0.15, -0.1) is 0 Å². The van der Waals surface area contributed by atoms with Crippen LogP contribution in [-0.4, -0.2) is 24.9 Å². The van der Waals surface area contributed by atoms with Crippen molar-refractivity contribution in [3.05, 3.63) is 54.1 Å². The fraction of sp³-hybridized carbons (Fsp3) is 0.143. The molecule has 0 spiro atoms. The van der Waals surface area contributed by atoms with Gasteiger partial charge in [0.15, 0.2) is 0 Å². The number of hydrogen-bond acceptors (Lipinski definition) is 5. The van der Waals surface area contributed by atoms with Gasteiger partial charge in [-0.3, -0.25) is 9.97 Å². The van der Waals surface area contributed by atoms with E-state index in [0.29, 0.717) is 5.56 Å². The SMILES string of the molecule is NCC#Cc1cncc(S(=O)(=O)NCc2cccnc2)c1. The third-order valence-corrected chi connectivity index (χ3v) is 3.92. The number of sulfonamides is 1. The molecule has 0 saturated carbocycles. The average Bonchev–Trinajstić information content (AvgIpc) is 2.52. The van der Waals surface area contributed by atoms with Crippen LogP contribution in [0.25, 0.3) is 0 Å². The highest BCUT2D eigenvalue weighted by atomic mass is 32.2. The van der Waals surface area contributed by atoms with Gasteiger partial charge in [0.2, 0.25) is 10.0 Å². The first kappa shape index (κ1) is 15.1. The standard InChI is InChI=1S/C14H14N4O2S/c15-5-1-3-12-7-14(11-17-8-12)21(19,20)18-10-13-4-2-6-16-9-13/h2,4,6-9,11,18H,5,10,15H2. The zero-order valence-electron chi connectivity index (χ0n) is 11.2. The molecule has 21 heavy (non-hydrogen) atoms. The maximum atomic E-state index is 12.2. The number of hydrogen-bond donors (Lipinski definition) is 2. The van der Waals surface area contributed by atoms with Gasteiger partial charge >= 0.3 is 0 Å². The van der Waals surface area contributed by atoms with E-state index in [1.807, 2.05) is 0 Å². The van der Waals surface area contributed by atoms with Crippen molar-refractivity contribution < 1.29 is 8.42 Å². The molecule has 0 atom stereocenters. The minimum Gasteiger partial charge on any atom is -0.320 e. The molecule has 2 aromatic heterocycles. The first-order valence-corrected chi connectivity index (χ1v) is 7.63. The summed E-state index contributed by atoms with van der Waals surface area (Å²) in [5.74, 6) is 5.41. The number of nitrogens with two attached hydrogens (primary N) is 1. The highest BCUT2D eigenvalue weighted by molar-refractivity contribution is 7.89. The number of nitrogens with one attached hydrogen (secondary N) is 1. The highest BCUT2D eigenvalue weighted by Gasteiger charge is 2.14. The maximum Gasteiger partial charge on any atom is 0.242 e. The Hall–Kier alpha value is -2.27. The maximum absolute atomic E-state index is 12.2. The van der Waals surface area contributed by atoms with Crippen molar-refractivity contribution >= 4 is 10.0 Å². The Bertz CT molecular complexity index is 764. The highest BCUT2D eigenvalue weighted by Crippen LogP contribution is 2.09. The minimum absolute atomic E-state index is 0.0650. The average molecular weight is 302 g/mol. The summed E-state index contributed by atoms with van der Waals surface area (Å²) in [6, 6.07) is 4.99. The molecule has 0 bridgehead atoms. The number of pyridine rings is 2. The second-order valence-electron chi connectivity index (χ2n) is 4.10. The van der Waals surface area contributed by atoms with Crippen molar-refractivity contribution in [2.24, 2.45) is 5.73 Å². The molecule has 6 nitrogen and oxygen atoms in total. The smallest absolute Gasteiger partial charge is 0.242 e. The molecule has 0 amide bonds. The third-order valence-electron chi connectivity index (χ3n) is 2.55. The fourth-order valence-corrected chi connectivity index (χ4v) is 2.56. The first-order chi connectivity index (χ1) is 10.1. The monoisotopic (exact) mass is 302 g/mol. The Kier molecular flexibility index (Phi) is 5.00. The van der Waals surface area contributed by atoms with Crippen LogP contribution in [0.2, 0.25) is 0 Å². The molecule has 0 saturated heterocycles. The van der Waals surface area contributed by atoms with Gasteiger partial charge in [-0.2, -0.15) is 0 Å². The first-order valence-electron chi connectivity index (χ1n) is 6.14. The second kappa shape index (κ2) is 6.95. The summed E-state index contributed by atoms with van der Waals surface area (Å²) in [5.41, 5.74) is 6.56. The van der Waals surface area contributed by atoms with Crippen LogP contribution in [0, 0.1) is 11.8 Å². The van der Waals surface area contributed by atoms with E-state index in [4.69, 9.17) is 5.73 Å². The summed E-state index contributed by atoms with van der Waals surface area (Å²) < 4.78 is 26.9. The molecule has 0 unspecified atom stereocenters. The molecule has 0 radical (unpaired) electrons. The van der Waals surface area contributed by atoms with Crippen molar-refractivity contribution in [1.82, 2.24) is 14.7 Å². The zero-order chi connectivity index (χ0) is 15.1. The van der Waals surface area contributed by atoms with E-state index in [1.54, 1.807) is 24.5 Å². The molecule has 108 valence electrons. The van der Waals surface area contributed by atoms with Crippen molar-refractivity contribution in [3.63, 3.8) is 0 Å². The molecule has 0 aliphatic rings. The van der Waals surface area contributed by atoms with E-state index in [2.05, 4.69) is 26.5 Å². The van der Waals surface area contributed by atoms with Crippen molar-refractivity contribution in [2.45, 2.75) is 11.4 Å². The Morgan fingerprint density at radius 3 is 2.81 bits per heavy atom. The van der Waals surface area contributed by atoms with E-state index in [-0.39, 0.29) is 18.0 Å². The van der Waals surface area contributed by atoms with Crippen molar-refractivity contribution in [1.29, 1.82) is 0 Å². The summed E-state index contributed by atoms with van der Waals surface area (Å²) in [6.45, 7) is 0.366. The number of nitrogens with zero attached hydrogens (tertiary/aromatic N) is 2. The molecule has 2 heterocycles. The summed E-state index contributed by atoms with van der Waals surface area (Å²) in [5, 5.41) is 0. The van der Waals surface area contributed by atoms with Gasteiger partial charge in [-0.05, 0) is 17.7 Å². The van der Waals surface area contributed by atoms with Crippen LogP contribution in [0.1, 0.15) is 11.1 Å². The van der Waals surface area contributed by atoms with Crippen LogP contribution in [0.5, 0.6) is 0 Å². The van der Waals surface area contributed by atoms with Gasteiger partial charge in [0, 0.05) is 36.9 Å². The molecular weight excluding hydrogens is 288 g/mol. The van der Waals surface area contributed by atoms with Crippen LogP contribution in [0.3, 0.4) is 0 Å². The van der Waals surface area contributed by atoms with Crippen LogP contribution in [0.15, 0.2) is 47.9 Å². The van der Waals surface area contributed by atoms with Gasteiger partial charge in [0.1, 0.15) is 4.90 Å².